The molecule has 0 bridgehead atoms. The molecule has 0 amide bonds. The molecule has 0 N–H and O–H groups in total. The van der Waals surface area contributed by atoms with Gasteiger partial charge in [0.05, 0.1) is 20.5 Å². The molecular formula is C16H18ClO2P. The SMILES string of the molecule is CCOc1cccc(P(Cl)c2cccc(OCC)c2)c1. The van der Waals surface area contributed by atoms with Crippen LogP contribution in [0.3, 0.4) is 0 Å². The Labute approximate surface area is 126 Å². The molecule has 2 rings (SSSR count). The lowest BCUT2D eigenvalue weighted by Gasteiger charge is -2.13. The van der Waals surface area contributed by atoms with Gasteiger partial charge in [0.1, 0.15) is 11.5 Å². The average Bonchev–Trinajstić information content (AvgIpc) is 2.48. The van der Waals surface area contributed by atoms with Crippen molar-refractivity contribution in [3.8, 4) is 11.5 Å². The summed E-state index contributed by atoms with van der Waals surface area (Å²) in [4.78, 5) is 0. The van der Waals surface area contributed by atoms with E-state index in [1.807, 2.05) is 62.4 Å². The molecule has 2 aromatic rings. The summed E-state index contributed by atoms with van der Waals surface area (Å²) in [5, 5.41) is 2.17. The normalized spacial score (nSPS) is 10.6. The van der Waals surface area contributed by atoms with Crippen molar-refractivity contribution in [2.75, 3.05) is 13.2 Å². The lowest BCUT2D eigenvalue weighted by atomic mass is 10.3. The summed E-state index contributed by atoms with van der Waals surface area (Å²) < 4.78 is 11.0. The molecule has 0 aliphatic rings. The third kappa shape index (κ3) is 3.88. The molecule has 0 saturated carbocycles. The number of halogens is 1. The summed E-state index contributed by atoms with van der Waals surface area (Å²) in [6.07, 6.45) is 0. The fraction of sp³-hybridized carbons (Fsp3) is 0.250. The Bertz CT molecular complexity index is 510. The lowest BCUT2D eigenvalue weighted by molar-refractivity contribution is 0.340. The van der Waals surface area contributed by atoms with Gasteiger partial charge in [-0.3, -0.25) is 0 Å². The zero-order chi connectivity index (χ0) is 14.4. The summed E-state index contributed by atoms with van der Waals surface area (Å²) in [7, 11) is -0.912. The molecule has 0 aliphatic carbocycles. The van der Waals surface area contributed by atoms with Crippen molar-refractivity contribution in [1.29, 1.82) is 0 Å². The second-order valence-electron chi connectivity index (χ2n) is 4.14. The summed E-state index contributed by atoms with van der Waals surface area (Å²) in [6, 6.07) is 15.9. The van der Waals surface area contributed by atoms with Gasteiger partial charge in [-0.1, -0.05) is 35.5 Å². The van der Waals surface area contributed by atoms with Gasteiger partial charge in [0.2, 0.25) is 0 Å². The first kappa shape index (κ1) is 15.2. The number of rotatable bonds is 6. The Kier molecular flexibility index (Phi) is 5.70. The molecule has 0 heterocycles. The molecule has 4 heteroatoms. The molecule has 20 heavy (non-hydrogen) atoms. The quantitative estimate of drug-likeness (QED) is 0.749. The van der Waals surface area contributed by atoms with E-state index in [-0.39, 0.29) is 0 Å². The van der Waals surface area contributed by atoms with Crippen molar-refractivity contribution >= 4 is 29.1 Å². The van der Waals surface area contributed by atoms with Crippen LogP contribution in [0.25, 0.3) is 0 Å². The van der Waals surface area contributed by atoms with Crippen LogP contribution in [-0.2, 0) is 0 Å². The zero-order valence-electron chi connectivity index (χ0n) is 11.7. The Morgan fingerprint density at radius 1 is 0.850 bits per heavy atom. The molecule has 0 spiro atoms. The van der Waals surface area contributed by atoms with E-state index in [4.69, 9.17) is 20.7 Å². The van der Waals surface area contributed by atoms with Crippen LogP contribution < -0.4 is 20.1 Å². The van der Waals surface area contributed by atoms with Crippen molar-refractivity contribution in [1.82, 2.24) is 0 Å². The van der Waals surface area contributed by atoms with Gasteiger partial charge in [-0.05, 0) is 48.7 Å². The standard InChI is InChI=1S/C16H18ClO2P/c1-3-18-13-7-5-9-15(11-13)20(17)16-10-6-8-14(12-16)19-4-2/h5-12H,3-4H2,1-2H3. The molecule has 0 aromatic heterocycles. The van der Waals surface area contributed by atoms with Gasteiger partial charge in [0, 0.05) is 0 Å². The van der Waals surface area contributed by atoms with Gasteiger partial charge in [0.25, 0.3) is 0 Å². The van der Waals surface area contributed by atoms with Gasteiger partial charge >= 0.3 is 0 Å². The van der Waals surface area contributed by atoms with Crippen molar-refractivity contribution in [2.45, 2.75) is 13.8 Å². The number of hydrogen-bond donors (Lipinski definition) is 0. The third-order valence-electron chi connectivity index (χ3n) is 2.71. The van der Waals surface area contributed by atoms with Gasteiger partial charge in [-0.25, -0.2) is 0 Å². The van der Waals surface area contributed by atoms with E-state index in [2.05, 4.69) is 0 Å². The average molecular weight is 309 g/mol. The Morgan fingerprint density at radius 2 is 1.30 bits per heavy atom. The Hall–Kier alpha value is -1.24. The first-order valence-corrected chi connectivity index (χ1v) is 8.91. The van der Waals surface area contributed by atoms with E-state index in [0.717, 1.165) is 22.1 Å². The Morgan fingerprint density at radius 3 is 1.70 bits per heavy atom. The molecule has 0 unspecified atom stereocenters. The van der Waals surface area contributed by atoms with Crippen molar-refractivity contribution in [3.63, 3.8) is 0 Å². The van der Waals surface area contributed by atoms with E-state index in [1.54, 1.807) is 0 Å². The first-order chi connectivity index (χ1) is 9.74. The molecule has 0 aliphatic heterocycles. The summed E-state index contributed by atoms with van der Waals surface area (Å²) in [5.41, 5.74) is 0. The van der Waals surface area contributed by atoms with E-state index in [0.29, 0.717) is 13.2 Å². The van der Waals surface area contributed by atoms with Crippen LogP contribution in [0.15, 0.2) is 48.5 Å². The van der Waals surface area contributed by atoms with Crippen molar-refractivity contribution in [2.24, 2.45) is 0 Å². The minimum Gasteiger partial charge on any atom is -0.494 e. The highest BCUT2D eigenvalue weighted by Crippen LogP contribution is 2.40. The maximum atomic E-state index is 6.63. The molecule has 0 radical (unpaired) electrons. The predicted octanol–water partition coefficient (Wildman–Crippen LogP) is 4.07. The van der Waals surface area contributed by atoms with E-state index in [1.165, 1.54) is 0 Å². The second-order valence-corrected chi connectivity index (χ2v) is 6.75. The fourth-order valence-electron chi connectivity index (χ4n) is 1.87. The number of ether oxygens (including phenoxy) is 2. The molecule has 106 valence electrons. The van der Waals surface area contributed by atoms with Crippen LogP contribution in [0.4, 0.5) is 0 Å². The van der Waals surface area contributed by atoms with E-state index in [9.17, 15) is 0 Å². The minimum atomic E-state index is -0.912. The highest BCUT2D eigenvalue weighted by Gasteiger charge is 2.12. The molecular weight excluding hydrogens is 291 g/mol. The van der Waals surface area contributed by atoms with Crippen LogP contribution in [-0.4, -0.2) is 13.2 Å². The molecule has 0 atom stereocenters. The zero-order valence-corrected chi connectivity index (χ0v) is 13.3. The first-order valence-electron chi connectivity index (χ1n) is 6.66. The van der Waals surface area contributed by atoms with Crippen LogP contribution in [0.1, 0.15) is 13.8 Å². The van der Waals surface area contributed by atoms with Crippen LogP contribution in [0, 0.1) is 0 Å². The highest BCUT2D eigenvalue weighted by atomic mass is 35.7. The van der Waals surface area contributed by atoms with Crippen LogP contribution in [0.5, 0.6) is 11.5 Å². The maximum absolute atomic E-state index is 6.63. The third-order valence-corrected chi connectivity index (χ3v) is 5.34. The topological polar surface area (TPSA) is 18.5 Å². The monoisotopic (exact) mass is 308 g/mol. The van der Waals surface area contributed by atoms with Gasteiger partial charge in [0.15, 0.2) is 0 Å². The fourth-order valence-corrected chi connectivity index (χ4v) is 3.72. The Balaban J connectivity index is 2.23. The largest absolute Gasteiger partial charge is 0.494 e. The summed E-state index contributed by atoms with van der Waals surface area (Å²) in [6.45, 7) is 5.26. The van der Waals surface area contributed by atoms with E-state index >= 15 is 0 Å². The molecule has 0 saturated heterocycles. The molecule has 0 fully saturated rings. The second kappa shape index (κ2) is 7.52. The molecule has 2 nitrogen and oxygen atoms in total. The smallest absolute Gasteiger partial charge is 0.119 e. The summed E-state index contributed by atoms with van der Waals surface area (Å²) in [5.74, 6) is 1.72. The minimum absolute atomic E-state index is 0.656. The maximum Gasteiger partial charge on any atom is 0.119 e. The predicted molar refractivity (Wildman–Crippen MR) is 87.3 cm³/mol. The van der Waals surface area contributed by atoms with Gasteiger partial charge in [-0.15, -0.1) is 0 Å². The van der Waals surface area contributed by atoms with Crippen molar-refractivity contribution in [3.05, 3.63) is 48.5 Å². The van der Waals surface area contributed by atoms with E-state index < -0.39 is 7.27 Å². The van der Waals surface area contributed by atoms with Gasteiger partial charge in [-0.2, -0.15) is 0 Å². The van der Waals surface area contributed by atoms with Crippen molar-refractivity contribution < 1.29 is 9.47 Å². The number of hydrogen-bond acceptors (Lipinski definition) is 2. The lowest BCUT2D eigenvalue weighted by Crippen LogP contribution is -2.09. The van der Waals surface area contributed by atoms with Gasteiger partial charge < -0.3 is 9.47 Å². The van der Waals surface area contributed by atoms with Crippen LogP contribution in [0.2, 0.25) is 0 Å². The molecule has 2 aromatic carbocycles. The number of benzene rings is 2. The van der Waals surface area contributed by atoms with Crippen LogP contribution >= 0.6 is 18.5 Å². The summed E-state index contributed by atoms with van der Waals surface area (Å²) >= 11 is 6.63. The highest BCUT2D eigenvalue weighted by molar-refractivity contribution is 7.95.